The first-order chi connectivity index (χ1) is 15.2. The highest BCUT2D eigenvalue weighted by Gasteiger charge is 2.32. The van der Waals surface area contributed by atoms with E-state index in [1.54, 1.807) is 54.6 Å². The topological polar surface area (TPSA) is 109 Å². The van der Waals surface area contributed by atoms with Crippen molar-refractivity contribution >= 4 is 33.2 Å². The molecule has 2 aromatic carbocycles. The predicted molar refractivity (Wildman–Crippen MR) is 121 cm³/mol. The number of sulfonamides is 1. The molecule has 3 aromatic rings. The number of anilines is 2. The second kappa shape index (κ2) is 8.51. The summed E-state index contributed by atoms with van der Waals surface area (Å²) in [4.78, 5) is 25.5. The number of fused-ring (bicyclic) bond motifs is 1. The number of nitrogens with zero attached hydrogens (tertiary/aromatic N) is 1. The van der Waals surface area contributed by atoms with Crippen LogP contribution in [0.15, 0.2) is 65.3 Å². The average molecular weight is 454 g/mol. The maximum Gasteiger partial charge on any atom is 0.255 e. The minimum Gasteiger partial charge on any atom is -0.467 e. The molecule has 2 N–H and O–H groups in total. The van der Waals surface area contributed by atoms with E-state index >= 15 is 0 Å². The monoisotopic (exact) mass is 453 g/mol. The standard InChI is InChI=1S/C23H23N3O5S/c1-15-12-17-13-16(9-10-21(17)26(15)32(2,29)30)22(27)25-20-8-4-3-7-19(20)23(28)24-14-18-6-5-11-31-18/h3-11,13,15H,12,14H2,1-2H3,(H,24,28)(H,25,27). The Morgan fingerprint density at radius 1 is 1.09 bits per heavy atom. The molecule has 1 aliphatic heterocycles. The zero-order chi connectivity index (χ0) is 22.9. The summed E-state index contributed by atoms with van der Waals surface area (Å²) in [6.07, 6.45) is 3.23. The molecule has 0 spiro atoms. The van der Waals surface area contributed by atoms with Crippen LogP contribution in [0.5, 0.6) is 0 Å². The van der Waals surface area contributed by atoms with E-state index in [0.29, 0.717) is 34.7 Å². The number of benzene rings is 2. The van der Waals surface area contributed by atoms with Crippen molar-refractivity contribution in [3.63, 3.8) is 0 Å². The van der Waals surface area contributed by atoms with E-state index in [1.165, 1.54) is 16.8 Å². The maximum absolute atomic E-state index is 12.9. The lowest BCUT2D eigenvalue weighted by atomic mass is 10.1. The molecule has 1 unspecified atom stereocenters. The van der Waals surface area contributed by atoms with E-state index in [2.05, 4.69) is 10.6 Å². The van der Waals surface area contributed by atoms with Gasteiger partial charge in [-0.1, -0.05) is 12.1 Å². The number of furan rings is 1. The maximum atomic E-state index is 12.9. The molecule has 0 radical (unpaired) electrons. The fourth-order valence-electron chi connectivity index (χ4n) is 3.91. The number of carbonyl (C=O) groups is 2. The molecule has 1 aromatic heterocycles. The summed E-state index contributed by atoms with van der Waals surface area (Å²) in [5, 5.41) is 5.56. The summed E-state index contributed by atoms with van der Waals surface area (Å²) in [5.74, 6) is -0.108. The number of para-hydroxylation sites is 1. The van der Waals surface area contributed by atoms with Crippen LogP contribution < -0.4 is 14.9 Å². The molecular weight excluding hydrogens is 430 g/mol. The van der Waals surface area contributed by atoms with Crippen molar-refractivity contribution in [2.45, 2.75) is 25.9 Å². The van der Waals surface area contributed by atoms with Crippen molar-refractivity contribution in [1.82, 2.24) is 5.32 Å². The molecule has 1 aliphatic rings. The van der Waals surface area contributed by atoms with E-state index in [4.69, 9.17) is 4.42 Å². The molecule has 2 heterocycles. The van der Waals surface area contributed by atoms with Gasteiger partial charge in [-0.05, 0) is 61.4 Å². The lowest BCUT2D eigenvalue weighted by molar-refractivity contribution is 0.0949. The Bertz CT molecular complexity index is 1270. The van der Waals surface area contributed by atoms with Gasteiger partial charge >= 0.3 is 0 Å². The highest BCUT2D eigenvalue weighted by molar-refractivity contribution is 7.92. The van der Waals surface area contributed by atoms with E-state index in [1.807, 2.05) is 6.92 Å². The Kier molecular flexibility index (Phi) is 5.75. The van der Waals surface area contributed by atoms with Gasteiger partial charge in [-0.2, -0.15) is 0 Å². The van der Waals surface area contributed by atoms with Gasteiger partial charge in [0.15, 0.2) is 0 Å². The molecular formula is C23H23N3O5S. The Morgan fingerprint density at radius 2 is 1.88 bits per heavy atom. The third-order valence-corrected chi connectivity index (χ3v) is 6.55. The van der Waals surface area contributed by atoms with Gasteiger partial charge in [0, 0.05) is 11.6 Å². The van der Waals surface area contributed by atoms with Crippen LogP contribution in [0.2, 0.25) is 0 Å². The quantitative estimate of drug-likeness (QED) is 0.596. The van der Waals surface area contributed by atoms with E-state index in [0.717, 1.165) is 5.56 Å². The van der Waals surface area contributed by atoms with E-state index in [9.17, 15) is 18.0 Å². The van der Waals surface area contributed by atoms with Crippen molar-refractivity contribution < 1.29 is 22.4 Å². The van der Waals surface area contributed by atoms with E-state index < -0.39 is 10.0 Å². The van der Waals surface area contributed by atoms with Crippen LogP contribution in [0.3, 0.4) is 0 Å². The predicted octanol–water partition coefficient (Wildman–Crippen LogP) is 3.17. The molecule has 32 heavy (non-hydrogen) atoms. The molecule has 166 valence electrons. The molecule has 0 bridgehead atoms. The molecule has 8 nitrogen and oxygen atoms in total. The van der Waals surface area contributed by atoms with Gasteiger partial charge < -0.3 is 15.1 Å². The fourth-order valence-corrected chi connectivity index (χ4v) is 5.17. The van der Waals surface area contributed by atoms with Crippen molar-refractivity contribution in [2.24, 2.45) is 0 Å². The van der Waals surface area contributed by atoms with Crippen LogP contribution in [0.4, 0.5) is 11.4 Å². The van der Waals surface area contributed by atoms with Crippen LogP contribution in [0, 0.1) is 0 Å². The second-order valence-electron chi connectivity index (χ2n) is 7.72. The Hall–Kier alpha value is -3.59. The first kappa shape index (κ1) is 21.6. The van der Waals surface area contributed by atoms with Crippen molar-refractivity contribution in [2.75, 3.05) is 15.9 Å². The van der Waals surface area contributed by atoms with Crippen LogP contribution in [-0.4, -0.2) is 32.5 Å². The minimum atomic E-state index is -3.40. The highest BCUT2D eigenvalue weighted by Crippen LogP contribution is 2.34. The van der Waals surface area contributed by atoms with Gasteiger partial charge in [0.2, 0.25) is 10.0 Å². The minimum absolute atomic E-state index is 0.211. The molecule has 0 fully saturated rings. The third-order valence-electron chi connectivity index (χ3n) is 5.28. The van der Waals surface area contributed by atoms with Gasteiger partial charge in [-0.25, -0.2) is 8.42 Å². The van der Waals surface area contributed by atoms with Crippen molar-refractivity contribution in [3.05, 3.63) is 83.3 Å². The normalized spacial score (nSPS) is 15.3. The van der Waals surface area contributed by atoms with Crippen LogP contribution in [0.25, 0.3) is 0 Å². The van der Waals surface area contributed by atoms with Gasteiger partial charge in [-0.15, -0.1) is 0 Å². The molecule has 0 saturated heterocycles. The number of hydrogen-bond acceptors (Lipinski definition) is 5. The first-order valence-electron chi connectivity index (χ1n) is 10.1. The molecule has 0 aliphatic carbocycles. The number of rotatable bonds is 6. The number of carbonyl (C=O) groups excluding carboxylic acids is 2. The number of amides is 2. The molecule has 1 atom stereocenters. The fraction of sp³-hybridized carbons (Fsp3) is 0.217. The Labute approximate surface area is 186 Å². The van der Waals surface area contributed by atoms with Gasteiger partial charge in [0.25, 0.3) is 11.8 Å². The molecule has 9 heteroatoms. The van der Waals surface area contributed by atoms with Crippen LogP contribution in [0.1, 0.15) is 39.0 Å². The summed E-state index contributed by atoms with van der Waals surface area (Å²) in [5.41, 5.74) is 2.47. The molecule has 0 saturated carbocycles. The second-order valence-corrected chi connectivity index (χ2v) is 9.58. The molecule has 4 rings (SSSR count). The van der Waals surface area contributed by atoms with Gasteiger partial charge in [-0.3, -0.25) is 13.9 Å². The zero-order valence-electron chi connectivity index (χ0n) is 17.7. The Balaban J connectivity index is 1.52. The first-order valence-corrected chi connectivity index (χ1v) is 11.9. The third kappa shape index (κ3) is 4.38. The lowest BCUT2D eigenvalue weighted by Gasteiger charge is -2.21. The van der Waals surface area contributed by atoms with Gasteiger partial charge in [0.05, 0.1) is 36.0 Å². The lowest BCUT2D eigenvalue weighted by Crippen LogP contribution is -2.34. The summed E-state index contributed by atoms with van der Waals surface area (Å²) in [7, 11) is -3.40. The van der Waals surface area contributed by atoms with E-state index in [-0.39, 0.29) is 24.4 Å². The number of nitrogens with one attached hydrogen (secondary N) is 2. The van der Waals surface area contributed by atoms with Gasteiger partial charge in [0.1, 0.15) is 5.76 Å². The summed E-state index contributed by atoms with van der Waals surface area (Å²) < 4.78 is 30.8. The SMILES string of the molecule is CC1Cc2cc(C(=O)Nc3ccccc3C(=O)NCc3ccco3)ccc2N1S(C)(=O)=O. The smallest absolute Gasteiger partial charge is 0.255 e. The van der Waals surface area contributed by atoms with Crippen LogP contribution in [-0.2, 0) is 23.0 Å². The Morgan fingerprint density at radius 3 is 2.59 bits per heavy atom. The average Bonchev–Trinajstić information content (AvgIpc) is 3.38. The summed E-state index contributed by atoms with van der Waals surface area (Å²) >= 11 is 0. The number of hydrogen-bond donors (Lipinski definition) is 2. The van der Waals surface area contributed by atoms with Crippen molar-refractivity contribution in [3.8, 4) is 0 Å². The van der Waals surface area contributed by atoms with Crippen molar-refractivity contribution in [1.29, 1.82) is 0 Å². The highest BCUT2D eigenvalue weighted by atomic mass is 32.2. The van der Waals surface area contributed by atoms with Crippen LogP contribution >= 0.6 is 0 Å². The zero-order valence-corrected chi connectivity index (χ0v) is 18.5. The molecule has 2 amide bonds. The largest absolute Gasteiger partial charge is 0.467 e. The summed E-state index contributed by atoms with van der Waals surface area (Å²) in [6, 6.07) is 14.9. The summed E-state index contributed by atoms with van der Waals surface area (Å²) in [6.45, 7) is 2.06.